The summed E-state index contributed by atoms with van der Waals surface area (Å²) in [5.41, 5.74) is -1.72. The summed E-state index contributed by atoms with van der Waals surface area (Å²) in [6.07, 6.45) is 0.785. The predicted molar refractivity (Wildman–Crippen MR) is 73.5 cm³/mol. The highest BCUT2D eigenvalue weighted by atomic mass is 16.6. The highest BCUT2D eigenvalue weighted by molar-refractivity contribution is 5.90. The number of carbonyl (C=O) groups excluding carboxylic acids is 3. The van der Waals surface area contributed by atoms with E-state index in [9.17, 15) is 14.4 Å². The molecule has 0 aromatic rings. The molecule has 0 aliphatic heterocycles. The van der Waals surface area contributed by atoms with E-state index >= 15 is 0 Å². The first-order chi connectivity index (χ1) is 9.95. The molecule has 0 saturated carbocycles. The van der Waals surface area contributed by atoms with Crippen LogP contribution in [0, 0.1) is 0 Å². The zero-order valence-electron chi connectivity index (χ0n) is 13.1. The molecule has 21 heavy (non-hydrogen) atoms. The van der Waals surface area contributed by atoms with E-state index in [-0.39, 0.29) is 13.2 Å². The maximum absolute atomic E-state index is 12.1. The maximum atomic E-state index is 12.1. The van der Waals surface area contributed by atoms with Crippen LogP contribution in [0.5, 0.6) is 0 Å². The van der Waals surface area contributed by atoms with Crippen molar-refractivity contribution >= 4 is 17.9 Å². The summed E-state index contributed by atoms with van der Waals surface area (Å²) in [6.45, 7) is 3.95. The molecule has 122 valence electrons. The number of unbranched alkanes of at least 4 members (excludes halogenated alkanes) is 1. The number of rotatable bonds is 10. The molecule has 7 heteroatoms. The fourth-order valence-electron chi connectivity index (χ4n) is 1.62. The van der Waals surface area contributed by atoms with Gasteiger partial charge in [0.15, 0.2) is 5.60 Å². The van der Waals surface area contributed by atoms with Gasteiger partial charge in [-0.2, -0.15) is 0 Å². The molecule has 0 bridgehead atoms. The number of carbonyl (C=O) groups is 3. The smallest absolute Gasteiger partial charge is 0.339 e. The van der Waals surface area contributed by atoms with Crippen molar-refractivity contribution in [1.29, 1.82) is 0 Å². The summed E-state index contributed by atoms with van der Waals surface area (Å²) in [5, 5.41) is 0. The molecule has 0 rings (SSSR count). The van der Waals surface area contributed by atoms with E-state index in [1.165, 1.54) is 14.2 Å². The summed E-state index contributed by atoms with van der Waals surface area (Å²) < 4.78 is 19.6. The maximum Gasteiger partial charge on any atom is 0.339 e. The third-order valence-corrected chi connectivity index (χ3v) is 2.89. The van der Waals surface area contributed by atoms with Gasteiger partial charge >= 0.3 is 17.9 Å². The third kappa shape index (κ3) is 6.57. The van der Waals surface area contributed by atoms with Crippen molar-refractivity contribution < 1.29 is 33.3 Å². The van der Waals surface area contributed by atoms with Crippen LogP contribution in [0.4, 0.5) is 0 Å². The largest absolute Gasteiger partial charge is 0.469 e. The van der Waals surface area contributed by atoms with E-state index in [0.717, 1.165) is 12.8 Å². The first-order valence-corrected chi connectivity index (χ1v) is 6.90. The lowest BCUT2D eigenvalue weighted by atomic mass is 9.95. The van der Waals surface area contributed by atoms with Crippen LogP contribution in [-0.2, 0) is 33.3 Å². The molecule has 0 fully saturated rings. The highest BCUT2D eigenvalue weighted by Gasteiger charge is 2.45. The topological polar surface area (TPSA) is 88.1 Å². The molecule has 7 nitrogen and oxygen atoms in total. The Bertz CT molecular complexity index is 353. The van der Waals surface area contributed by atoms with Crippen LogP contribution in [0.1, 0.15) is 39.5 Å². The van der Waals surface area contributed by atoms with Gasteiger partial charge in [0, 0.05) is 7.11 Å². The monoisotopic (exact) mass is 304 g/mol. The summed E-state index contributed by atoms with van der Waals surface area (Å²) in [5.74, 6) is -2.08. The summed E-state index contributed by atoms with van der Waals surface area (Å²) in [6, 6.07) is 0. The predicted octanol–water partition coefficient (Wildman–Crippen LogP) is 1.23. The molecule has 1 unspecified atom stereocenters. The quantitative estimate of drug-likeness (QED) is 0.341. The van der Waals surface area contributed by atoms with E-state index < -0.39 is 36.4 Å². The Morgan fingerprint density at radius 3 is 2.05 bits per heavy atom. The molecule has 0 heterocycles. The van der Waals surface area contributed by atoms with Gasteiger partial charge in [-0.05, 0) is 13.3 Å². The Morgan fingerprint density at radius 1 is 0.952 bits per heavy atom. The summed E-state index contributed by atoms with van der Waals surface area (Å²) in [7, 11) is 2.42. The summed E-state index contributed by atoms with van der Waals surface area (Å²) in [4.78, 5) is 35.3. The number of hydrogen-bond acceptors (Lipinski definition) is 7. The van der Waals surface area contributed by atoms with Crippen molar-refractivity contribution in [3.8, 4) is 0 Å². The number of ether oxygens (including phenoxy) is 4. The Morgan fingerprint density at radius 2 is 1.57 bits per heavy atom. The zero-order chi connectivity index (χ0) is 16.3. The average Bonchev–Trinajstić information content (AvgIpc) is 2.46. The van der Waals surface area contributed by atoms with Crippen LogP contribution in [0.25, 0.3) is 0 Å². The molecule has 0 amide bonds. The van der Waals surface area contributed by atoms with Gasteiger partial charge in [0.25, 0.3) is 0 Å². The number of esters is 3. The second-order valence-corrected chi connectivity index (χ2v) is 4.42. The van der Waals surface area contributed by atoms with Crippen LogP contribution < -0.4 is 0 Å². The molecule has 0 aliphatic rings. The molecule has 0 radical (unpaired) electrons. The SMILES string of the molecule is CCCCOC(=O)CC(CC(=O)OC)(OC)C(=O)OCC. The number of hydrogen-bond donors (Lipinski definition) is 0. The average molecular weight is 304 g/mol. The molecular formula is C14H24O7. The second kappa shape index (κ2) is 10.1. The Kier molecular flexibility index (Phi) is 9.36. The van der Waals surface area contributed by atoms with Gasteiger partial charge in [0.05, 0.1) is 33.2 Å². The van der Waals surface area contributed by atoms with Crippen molar-refractivity contribution in [3.05, 3.63) is 0 Å². The zero-order valence-corrected chi connectivity index (χ0v) is 13.1. The van der Waals surface area contributed by atoms with Gasteiger partial charge in [-0.1, -0.05) is 13.3 Å². The molecular weight excluding hydrogens is 280 g/mol. The van der Waals surface area contributed by atoms with Crippen LogP contribution in [-0.4, -0.2) is 50.9 Å². The normalized spacial score (nSPS) is 13.1. The molecule has 0 spiro atoms. The third-order valence-electron chi connectivity index (χ3n) is 2.89. The van der Waals surface area contributed by atoms with Gasteiger partial charge in [-0.15, -0.1) is 0 Å². The lowest BCUT2D eigenvalue weighted by molar-refractivity contribution is -0.181. The second-order valence-electron chi connectivity index (χ2n) is 4.42. The van der Waals surface area contributed by atoms with E-state index in [4.69, 9.17) is 14.2 Å². The molecule has 0 aromatic heterocycles. The van der Waals surface area contributed by atoms with Gasteiger partial charge < -0.3 is 18.9 Å². The first-order valence-electron chi connectivity index (χ1n) is 6.90. The standard InChI is InChI=1S/C14H24O7/c1-5-7-8-21-12(16)10-14(19-4,9-11(15)18-3)13(17)20-6-2/h5-10H2,1-4H3. The minimum Gasteiger partial charge on any atom is -0.469 e. The minimum atomic E-state index is -1.72. The number of methoxy groups -OCH3 is 2. The van der Waals surface area contributed by atoms with Crippen LogP contribution in [0.3, 0.4) is 0 Å². The summed E-state index contributed by atoms with van der Waals surface area (Å²) >= 11 is 0. The molecule has 0 aromatic carbocycles. The van der Waals surface area contributed by atoms with Crippen LogP contribution in [0.15, 0.2) is 0 Å². The van der Waals surface area contributed by atoms with Gasteiger partial charge in [0.2, 0.25) is 0 Å². The van der Waals surface area contributed by atoms with E-state index in [1.54, 1.807) is 6.92 Å². The Labute approximate surface area is 124 Å². The van der Waals surface area contributed by atoms with Crippen molar-refractivity contribution in [2.24, 2.45) is 0 Å². The fraction of sp³-hybridized carbons (Fsp3) is 0.786. The van der Waals surface area contributed by atoms with E-state index in [1.807, 2.05) is 6.92 Å². The molecule has 0 N–H and O–H groups in total. The molecule has 1 atom stereocenters. The minimum absolute atomic E-state index is 0.107. The Hall–Kier alpha value is -1.63. The molecule has 0 saturated heterocycles. The van der Waals surface area contributed by atoms with Crippen LogP contribution >= 0.6 is 0 Å². The van der Waals surface area contributed by atoms with E-state index in [2.05, 4.69) is 4.74 Å². The van der Waals surface area contributed by atoms with Crippen molar-refractivity contribution in [1.82, 2.24) is 0 Å². The lowest BCUT2D eigenvalue weighted by Gasteiger charge is -2.27. The fourth-order valence-corrected chi connectivity index (χ4v) is 1.62. The lowest BCUT2D eigenvalue weighted by Crippen LogP contribution is -2.46. The molecule has 0 aliphatic carbocycles. The van der Waals surface area contributed by atoms with Gasteiger partial charge in [-0.3, -0.25) is 9.59 Å². The van der Waals surface area contributed by atoms with Crippen molar-refractivity contribution in [2.75, 3.05) is 27.4 Å². The van der Waals surface area contributed by atoms with Gasteiger partial charge in [-0.25, -0.2) is 4.79 Å². The van der Waals surface area contributed by atoms with Gasteiger partial charge in [0.1, 0.15) is 0 Å². The first kappa shape index (κ1) is 19.4. The highest BCUT2D eigenvalue weighted by Crippen LogP contribution is 2.24. The van der Waals surface area contributed by atoms with Crippen molar-refractivity contribution in [3.63, 3.8) is 0 Å². The Balaban J connectivity index is 4.95. The van der Waals surface area contributed by atoms with Crippen LogP contribution in [0.2, 0.25) is 0 Å². The van der Waals surface area contributed by atoms with E-state index in [0.29, 0.717) is 0 Å². The van der Waals surface area contributed by atoms with Crippen molar-refractivity contribution in [2.45, 2.75) is 45.1 Å².